The molecule has 0 aliphatic heterocycles. The summed E-state index contributed by atoms with van der Waals surface area (Å²) in [6.07, 6.45) is 0. The molecule has 0 spiro atoms. The van der Waals surface area contributed by atoms with Gasteiger partial charge in [-0.25, -0.2) is 4.39 Å². The van der Waals surface area contributed by atoms with Gasteiger partial charge in [-0.2, -0.15) is 0 Å². The smallest absolute Gasteiger partial charge is 0.270 e. The van der Waals surface area contributed by atoms with Crippen molar-refractivity contribution in [2.24, 2.45) is 0 Å². The molecule has 1 N–H and O–H groups in total. The van der Waals surface area contributed by atoms with Crippen LogP contribution in [0.3, 0.4) is 0 Å². The summed E-state index contributed by atoms with van der Waals surface area (Å²) in [6.45, 7) is 0. The molecule has 0 atom stereocenters. The fraction of sp³-hybridized carbons (Fsp3) is 0. The Morgan fingerprint density at radius 1 is 1.33 bits per heavy atom. The molecule has 0 unspecified atom stereocenters. The van der Waals surface area contributed by atoms with E-state index in [1.165, 1.54) is 18.2 Å². The number of nitrogens with one attached hydrogen (secondary N) is 1. The Hall–Kier alpha value is -1.99. The van der Waals surface area contributed by atoms with Crippen LogP contribution in [0.1, 0.15) is 10.4 Å². The van der Waals surface area contributed by atoms with E-state index < -0.39 is 16.6 Å². The quantitative estimate of drug-likeness (QED) is 0.640. The van der Waals surface area contributed by atoms with Crippen molar-refractivity contribution >= 4 is 44.8 Å². The molecule has 0 saturated carbocycles. The fourth-order valence-electron chi connectivity index (χ4n) is 1.60. The second kappa shape index (κ2) is 6.19. The van der Waals surface area contributed by atoms with E-state index in [4.69, 9.17) is 11.6 Å². The topological polar surface area (TPSA) is 72.2 Å². The largest absolute Gasteiger partial charge is 0.318 e. The number of para-hydroxylation sites is 1. The second-order valence-corrected chi connectivity index (χ2v) is 5.23. The molecular weight excluding hydrogens is 367 g/mol. The monoisotopic (exact) mass is 372 g/mol. The van der Waals surface area contributed by atoms with E-state index in [-0.39, 0.29) is 22.0 Å². The van der Waals surface area contributed by atoms with Crippen LogP contribution in [0.15, 0.2) is 40.9 Å². The summed E-state index contributed by atoms with van der Waals surface area (Å²) in [5.74, 6) is -1.28. The number of benzene rings is 2. The first-order chi connectivity index (χ1) is 9.90. The zero-order valence-electron chi connectivity index (χ0n) is 10.3. The van der Waals surface area contributed by atoms with Gasteiger partial charge in [0.1, 0.15) is 5.82 Å². The van der Waals surface area contributed by atoms with Crippen LogP contribution in [0.5, 0.6) is 0 Å². The van der Waals surface area contributed by atoms with Gasteiger partial charge in [-0.05, 0) is 34.1 Å². The van der Waals surface area contributed by atoms with Gasteiger partial charge in [0.25, 0.3) is 11.6 Å². The van der Waals surface area contributed by atoms with Crippen LogP contribution in [-0.4, -0.2) is 10.8 Å². The number of hydrogen-bond acceptors (Lipinski definition) is 3. The summed E-state index contributed by atoms with van der Waals surface area (Å²) in [7, 11) is 0. The Bertz CT molecular complexity index is 719. The van der Waals surface area contributed by atoms with Gasteiger partial charge in [-0.15, -0.1) is 0 Å². The third-order valence-electron chi connectivity index (χ3n) is 2.61. The molecular formula is C13H7BrClFN2O3. The van der Waals surface area contributed by atoms with E-state index in [9.17, 15) is 19.3 Å². The molecule has 5 nitrogen and oxygen atoms in total. The van der Waals surface area contributed by atoms with Crippen molar-refractivity contribution in [1.82, 2.24) is 0 Å². The number of amides is 1. The number of carbonyl (C=O) groups excluding carboxylic acids is 1. The van der Waals surface area contributed by atoms with E-state index in [0.717, 1.165) is 12.1 Å². The molecule has 0 aromatic heterocycles. The average molecular weight is 374 g/mol. The van der Waals surface area contributed by atoms with Gasteiger partial charge in [0, 0.05) is 16.6 Å². The second-order valence-electron chi connectivity index (χ2n) is 3.97. The van der Waals surface area contributed by atoms with Crippen LogP contribution in [-0.2, 0) is 0 Å². The molecule has 8 heteroatoms. The number of hydrogen-bond donors (Lipinski definition) is 1. The maximum Gasteiger partial charge on any atom is 0.270 e. The maximum absolute atomic E-state index is 13.6. The van der Waals surface area contributed by atoms with Crippen LogP contribution in [0, 0.1) is 15.9 Å². The van der Waals surface area contributed by atoms with Crippen LogP contribution in [0.2, 0.25) is 5.02 Å². The Kier molecular flexibility index (Phi) is 4.54. The van der Waals surface area contributed by atoms with Gasteiger partial charge < -0.3 is 5.32 Å². The first kappa shape index (κ1) is 15.4. The summed E-state index contributed by atoms with van der Waals surface area (Å²) < 4.78 is 14.0. The third kappa shape index (κ3) is 3.37. The van der Waals surface area contributed by atoms with Crippen molar-refractivity contribution in [2.75, 3.05) is 5.32 Å². The zero-order valence-corrected chi connectivity index (χ0v) is 12.6. The molecule has 21 heavy (non-hydrogen) atoms. The molecule has 0 aliphatic carbocycles. The molecule has 0 aliphatic rings. The minimum atomic E-state index is -0.666. The normalized spacial score (nSPS) is 10.2. The van der Waals surface area contributed by atoms with Crippen molar-refractivity contribution in [3.63, 3.8) is 0 Å². The van der Waals surface area contributed by atoms with Crippen LogP contribution < -0.4 is 5.32 Å². The molecule has 0 heterocycles. The highest BCUT2D eigenvalue weighted by molar-refractivity contribution is 9.10. The number of non-ortho nitro benzene ring substituents is 1. The molecule has 108 valence electrons. The first-order valence-corrected chi connectivity index (χ1v) is 6.76. The number of carbonyl (C=O) groups is 1. The average Bonchev–Trinajstić information content (AvgIpc) is 2.42. The third-order valence-corrected chi connectivity index (χ3v) is 3.58. The number of rotatable bonds is 3. The van der Waals surface area contributed by atoms with Gasteiger partial charge in [0.05, 0.1) is 21.2 Å². The van der Waals surface area contributed by atoms with Crippen LogP contribution in [0.25, 0.3) is 0 Å². The summed E-state index contributed by atoms with van der Waals surface area (Å²) in [5, 5.41) is 12.9. The SMILES string of the molecule is O=C(Nc1c(F)cccc1Br)c1ccc([N+](=O)[O-])cc1Cl. The van der Waals surface area contributed by atoms with Crippen molar-refractivity contribution in [1.29, 1.82) is 0 Å². The molecule has 0 saturated heterocycles. The number of anilines is 1. The zero-order chi connectivity index (χ0) is 15.6. The summed E-state index contributed by atoms with van der Waals surface area (Å²) in [5.41, 5.74) is -0.252. The number of halogens is 3. The lowest BCUT2D eigenvalue weighted by Gasteiger charge is -2.09. The predicted octanol–water partition coefficient (Wildman–Crippen LogP) is 4.40. The lowest BCUT2D eigenvalue weighted by atomic mass is 10.2. The van der Waals surface area contributed by atoms with Crippen molar-refractivity contribution in [3.05, 3.63) is 67.4 Å². The van der Waals surface area contributed by atoms with Crippen LogP contribution in [0.4, 0.5) is 15.8 Å². The fourth-order valence-corrected chi connectivity index (χ4v) is 2.30. The van der Waals surface area contributed by atoms with Gasteiger partial charge in [0.15, 0.2) is 0 Å². The van der Waals surface area contributed by atoms with E-state index in [1.807, 2.05) is 0 Å². The van der Waals surface area contributed by atoms with E-state index in [2.05, 4.69) is 21.2 Å². The summed E-state index contributed by atoms with van der Waals surface area (Å²) in [6, 6.07) is 7.66. The van der Waals surface area contributed by atoms with Crippen molar-refractivity contribution < 1.29 is 14.1 Å². The minimum absolute atomic E-state index is 0.0115. The molecule has 0 radical (unpaired) electrons. The van der Waals surface area contributed by atoms with Gasteiger partial charge in [-0.3, -0.25) is 14.9 Å². The van der Waals surface area contributed by atoms with Gasteiger partial charge in [0.2, 0.25) is 0 Å². The number of nitro benzene ring substituents is 1. The van der Waals surface area contributed by atoms with Crippen molar-refractivity contribution in [3.8, 4) is 0 Å². The molecule has 2 rings (SSSR count). The highest BCUT2D eigenvalue weighted by atomic mass is 79.9. The molecule has 0 bridgehead atoms. The van der Waals surface area contributed by atoms with E-state index in [1.54, 1.807) is 6.07 Å². The van der Waals surface area contributed by atoms with Gasteiger partial charge in [-0.1, -0.05) is 17.7 Å². The Morgan fingerprint density at radius 3 is 2.62 bits per heavy atom. The Labute approximate surface area is 132 Å². The maximum atomic E-state index is 13.6. The number of nitrogens with zero attached hydrogens (tertiary/aromatic N) is 1. The summed E-state index contributed by atoms with van der Waals surface area (Å²) in [4.78, 5) is 22.0. The lowest BCUT2D eigenvalue weighted by molar-refractivity contribution is -0.384. The minimum Gasteiger partial charge on any atom is -0.318 e. The Balaban J connectivity index is 2.31. The highest BCUT2D eigenvalue weighted by Gasteiger charge is 2.17. The standard InChI is InChI=1S/C13H7BrClFN2O3/c14-9-2-1-3-11(16)12(9)17-13(19)8-5-4-7(18(20)21)6-10(8)15/h1-6H,(H,17,19). The first-order valence-electron chi connectivity index (χ1n) is 5.59. The summed E-state index contributed by atoms with van der Waals surface area (Å²) >= 11 is 8.96. The van der Waals surface area contributed by atoms with Crippen LogP contribution >= 0.6 is 27.5 Å². The predicted molar refractivity (Wildman–Crippen MR) is 80.2 cm³/mol. The molecule has 2 aromatic rings. The van der Waals surface area contributed by atoms with E-state index >= 15 is 0 Å². The Morgan fingerprint density at radius 2 is 2.05 bits per heavy atom. The number of nitro groups is 1. The molecule has 2 aromatic carbocycles. The molecule has 1 amide bonds. The lowest BCUT2D eigenvalue weighted by Crippen LogP contribution is -2.14. The molecule has 0 fully saturated rings. The van der Waals surface area contributed by atoms with Crippen molar-refractivity contribution in [2.45, 2.75) is 0 Å². The van der Waals surface area contributed by atoms with Gasteiger partial charge >= 0.3 is 0 Å². The van der Waals surface area contributed by atoms with E-state index in [0.29, 0.717) is 4.47 Å². The highest BCUT2D eigenvalue weighted by Crippen LogP contribution is 2.27.